The van der Waals surface area contributed by atoms with Crippen LogP contribution in [0.4, 0.5) is 0 Å². The largest absolute Gasteiger partial charge is 0.340 e. The lowest BCUT2D eigenvalue weighted by Crippen LogP contribution is -2.32. The molecule has 19 heavy (non-hydrogen) atoms. The summed E-state index contributed by atoms with van der Waals surface area (Å²) in [4.78, 5) is 17.3. The summed E-state index contributed by atoms with van der Waals surface area (Å²) >= 11 is 0. The molecule has 106 valence electrons. The second-order valence-electron chi connectivity index (χ2n) is 5.42. The summed E-state index contributed by atoms with van der Waals surface area (Å²) in [5.41, 5.74) is 3.20. The lowest BCUT2D eigenvalue weighted by Gasteiger charge is -2.25. The zero-order valence-corrected chi connectivity index (χ0v) is 11.7. The molecule has 5 heteroatoms. The Kier molecular flexibility index (Phi) is 4.99. The van der Waals surface area contributed by atoms with Gasteiger partial charge in [-0.15, -0.1) is 0 Å². The quantitative estimate of drug-likeness (QED) is 0.797. The molecule has 0 unspecified atom stereocenters. The molecule has 0 aromatic carbocycles. The number of nitrogens with one attached hydrogen (secondary N) is 2. The minimum absolute atomic E-state index is 0.163. The second kappa shape index (κ2) is 6.73. The molecule has 2 rings (SSSR count). The van der Waals surface area contributed by atoms with Gasteiger partial charge in [-0.05, 0) is 44.0 Å². The smallest absolute Gasteiger partial charge is 0.291 e. The summed E-state index contributed by atoms with van der Waals surface area (Å²) in [6.45, 7) is 6.63. The van der Waals surface area contributed by atoms with Crippen LogP contribution in [0.25, 0.3) is 0 Å². The van der Waals surface area contributed by atoms with Crippen molar-refractivity contribution in [2.75, 3.05) is 19.7 Å². The van der Waals surface area contributed by atoms with Crippen molar-refractivity contribution in [2.45, 2.75) is 32.7 Å². The van der Waals surface area contributed by atoms with Crippen LogP contribution in [0.2, 0.25) is 0 Å². The van der Waals surface area contributed by atoms with Crippen molar-refractivity contribution in [1.29, 1.82) is 0 Å². The van der Waals surface area contributed by atoms with Crippen LogP contribution >= 0.6 is 0 Å². The number of hydrogen-bond donors (Lipinski definition) is 2. The van der Waals surface area contributed by atoms with E-state index in [1.54, 1.807) is 0 Å². The predicted octanol–water partition coefficient (Wildman–Crippen LogP) is 1.73. The molecule has 2 heterocycles. The van der Waals surface area contributed by atoms with Crippen molar-refractivity contribution in [3.63, 3.8) is 0 Å². The summed E-state index contributed by atoms with van der Waals surface area (Å²) in [5.74, 6) is 0.237. The van der Waals surface area contributed by atoms with E-state index < -0.39 is 0 Å². The van der Waals surface area contributed by atoms with Gasteiger partial charge in [-0.25, -0.2) is 5.48 Å². The minimum Gasteiger partial charge on any atom is -0.340 e. The van der Waals surface area contributed by atoms with E-state index >= 15 is 0 Å². The van der Waals surface area contributed by atoms with Gasteiger partial charge >= 0.3 is 0 Å². The van der Waals surface area contributed by atoms with Crippen molar-refractivity contribution in [2.24, 2.45) is 5.92 Å². The van der Waals surface area contributed by atoms with Crippen molar-refractivity contribution >= 4 is 5.91 Å². The van der Waals surface area contributed by atoms with Crippen LogP contribution in [0, 0.1) is 5.92 Å². The molecule has 0 radical (unpaired) electrons. The van der Waals surface area contributed by atoms with E-state index in [2.05, 4.69) is 15.4 Å². The Labute approximate surface area is 114 Å². The van der Waals surface area contributed by atoms with E-state index in [1.165, 1.54) is 0 Å². The number of carbonyl (C=O) groups is 1. The third kappa shape index (κ3) is 3.81. The first-order valence-corrected chi connectivity index (χ1v) is 6.98. The van der Waals surface area contributed by atoms with Crippen LogP contribution in [0.5, 0.6) is 0 Å². The SMILES string of the molecule is CC(C)CONC(=O)c1cccn1C1CCNCC1. The maximum atomic E-state index is 12.1. The van der Waals surface area contributed by atoms with Gasteiger partial charge in [-0.2, -0.15) is 0 Å². The molecule has 5 nitrogen and oxygen atoms in total. The zero-order chi connectivity index (χ0) is 13.7. The molecule has 0 saturated carbocycles. The third-order valence-electron chi connectivity index (χ3n) is 3.30. The molecule has 1 aromatic heterocycles. The van der Waals surface area contributed by atoms with Gasteiger partial charge < -0.3 is 9.88 Å². The van der Waals surface area contributed by atoms with Crippen molar-refractivity contribution in [3.8, 4) is 0 Å². The molecular formula is C14H23N3O2. The number of hydrogen-bond acceptors (Lipinski definition) is 3. The lowest BCUT2D eigenvalue weighted by atomic mass is 10.1. The van der Waals surface area contributed by atoms with Crippen molar-refractivity contribution < 1.29 is 9.63 Å². The number of amides is 1. The number of rotatable bonds is 5. The summed E-state index contributed by atoms with van der Waals surface area (Å²) in [7, 11) is 0. The first-order valence-electron chi connectivity index (χ1n) is 6.98. The Morgan fingerprint density at radius 3 is 2.95 bits per heavy atom. The molecular weight excluding hydrogens is 242 g/mol. The standard InChI is InChI=1S/C14H23N3O2/c1-11(2)10-19-16-14(18)13-4-3-9-17(13)12-5-7-15-8-6-12/h3-4,9,11-12,15H,5-8,10H2,1-2H3,(H,16,18). The molecule has 1 amide bonds. The zero-order valence-electron chi connectivity index (χ0n) is 11.7. The number of hydroxylamine groups is 1. The topological polar surface area (TPSA) is 55.3 Å². The molecule has 1 aromatic rings. The average molecular weight is 265 g/mol. The van der Waals surface area contributed by atoms with Gasteiger partial charge in [0.15, 0.2) is 0 Å². The van der Waals surface area contributed by atoms with Crippen LogP contribution in [0.1, 0.15) is 43.2 Å². The molecule has 0 atom stereocenters. The molecule has 1 saturated heterocycles. The fourth-order valence-corrected chi connectivity index (χ4v) is 2.32. The van der Waals surface area contributed by atoms with Gasteiger partial charge in [0.25, 0.3) is 5.91 Å². The highest BCUT2D eigenvalue weighted by molar-refractivity contribution is 5.92. The average Bonchev–Trinajstić information content (AvgIpc) is 2.88. The minimum atomic E-state index is -0.163. The highest BCUT2D eigenvalue weighted by atomic mass is 16.6. The van der Waals surface area contributed by atoms with Crippen molar-refractivity contribution in [3.05, 3.63) is 24.0 Å². The fourth-order valence-electron chi connectivity index (χ4n) is 2.32. The molecule has 0 bridgehead atoms. The fraction of sp³-hybridized carbons (Fsp3) is 0.643. The Morgan fingerprint density at radius 1 is 1.53 bits per heavy atom. The molecule has 0 aliphatic carbocycles. The summed E-state index contributed by atoms with van der Waals surface area (Å²) in [5, 5.41) is 3.33. The molecule has 2 N–H and O–H groups in total. The first-order chi connectivity index (χ1) is 9.18. The Balaban J connectivity index is 1.96. The predicted molar refractivity (Wildman–Crippen MR) is 73.8 cm³/mol. The summed E-state index contributed by atoms with van der Waals surface area (Å²) in [6.07, 6.45) is 4.09. The van der Waals surface area contributed by atoms with E-state index in [1.807, 2.05) is 32.2 Å². The molecule has 1 aliphatic rings. The third-order valence-corrected chi connectivity index (χ3v) is 3.30. The summed E-state index contributed by atoms with van der Waals surface area (Å²) in [6, 6.07) is 4.16. The van der Waals surface area contributed by atoms with E-state index in [-0.39, 0.29) is 5.91 Å². The lowest BCUT2D eigenvalue weighted by molar-refractivity contribution is 0.0199. The monoisotopic (exact) mass is 265 g/mol. The van der Waals surface area contributed by atoms with Gasteiger partial charge in [0, 0.05) is 12.2 Å². The van der Waals surface area contributed by atoms with Gasteiger partial charge in [0.2, 0.25) is 0 Å². The van der Waals surface area contributed by atoms with E-state index in [0.29, 0.717) is 24.3 Å². The number of carbonyl (C=O) groups excluding carboxylic acids is 1. The molecule has 1 aliphatic heterocycles. The van der Waals surface area contributed by atoms with Crippen LogP contribution in [0.15, 0.2) is 18.3 Å². The highest BCUT2D eigenvalue weighted by Gasteiger charge is 2.19. The van der Waals surface area contributed by atoms with Gasteiger partial charge in [0.05, 0.1) is 6.61 Å². The van der Waals surface area contributed by atoms with E-state index in [9.17, 15) is 4.79 Å². The Bertz CT molecular complexity index is 409. The Morgan fingerprint density at radius 2 is 2.26 bits per heavy atom. The van der Waals surface area contributed by atoms with Crippen LogP contribution in [-0.4, -0.2) is 30.2 Å². The van der Waals surface area contributed by atoms with Gasteiger partial charge in [-0.3, -0.25) is 9.63 Å². The van der Waals surface area contributed by atoms with Gasteiger partial charge in [0.1, 0.15) is 5.69 Å². The van der Waals surface area contributed by atoms with Crippen LogP contribution < -0.4 is 10.8 Å². The first kappa shape index (κ1) is 14.1. The van der Waals surface area contributed by atoms with Gasteiger partial charge in [-0.1, -0.05) is 13.8 Å². The molecule has 1 fully saturated rings. The molecule has 0 spiro atoms. The maximum absolute atomic E-state index is 12.1. The maximum Gasteiger partial charge on any atom is 0.291 e. The number of aromatic nitrogens is 1. The number of nitrogens with zero attached hydrogens (tertiary/aromatic N) is 1. The van der Waals surface area contributed by atoms with Crippen molar-refractivity contribution in [1.82, 2.24) is 15.4 Å². The highest BCUT2D eigenvalue weighted by Crippen LogP contribution is 2.21. The number of piperidine rings is 1. The van der Waals surface area contributed by atoms with Crippen LogP contribution in [-0.2, 0) is 4.84 Å². The van der Waals surface area contributed by atoms with E-state index in [0.717, 1.165) is 25.9 Å². The Hall–Kier alpha value is -1.33. The van der Waals surface area contributed by atoms with E-state index in [4.69, 9.17) is 4.84 Å². The van der Waals surface area contributed by atoms with Crippen LogP contribution in [0.3, 0.4) is 0 Å². The summed E-state index contributed by atoms with van der Waals surface area (Å²) < 4.78 is 2.06. The normalized spacial score (nSPS) is 16.8. The second-order valence-corrected chi connectivity index (χ2v) is 5.42.